The van der Waals surface area contributed by atoms with E-state index in [2.05, 4.69) is 13.8 Å². The molecule has 0 saturated heterocycles. The summed E-state index contributed by atoms with van der Waals surface area (Å²) in [5.74, 6) is 0. The van der Waals surface area contributed by atoms with E-state index in [1.165, 1.54) is 0 Å². The molecule has 0 aliphatic heterocycles. The summed E-state index contributed by atoms with van der Waals surface area (Å²) in [5.41, 5.74) is 0. The summed E-state index contributed by atoms with van der Waals surface area (Å²) in [5, 5.41) is 0. The van der Waals surface area contributed by atoms with Gasteiger partial charge in [0.15, 0.2) is 0 Å². The largest absolute Gasteiger partial charge is 0.379 e. The van der Waals surface area contributed by atoms with Crippen LogP contribution in [-0.4, -0.2) is 39.1 Å². The van der Waals surface area contributed by atoms with E-state index >= 15 is 0 Å². The Labute approximate surface area is 87.7 Å². The summed E-state index contributed by atoms with van der Waals surface area (Å²) in [6, 6.07) is 0. The first-order valence-electron chi connectivity index (χ1n) is 5.58. The quantitative estimate of drug-likeness (QED) is 0.511. The van der Waals surface area contributed by atoms with Gasteiger partial charge >= 0.3 is 0 Å². The van der Waals surface area contributed by atoms with E-state index in [0.29, 0.717) is 19.8 Å². The van der Waals surface area contributed by atoms with Gasteiger partial charge in [-0.1, -0.05) is 13.8 Å². The lowest BCUT2D eigenvalue weighted by atomic mass is 10.4. The highest BCUT2D eigenvalue weighted by Crippen LogP contribution is 1.93. The monoisotopic (exact) mass is 204 g/mol. The van der Waals surface area contributed by atoms with Crippen LogP contribution in [0.5, 0.6) is 0 Å². The van der Waals surface area contributed by atoms with Crippen LogP contribution in [0.15, 0.2) is 0 Å². The van der Waals surface area contributed by atoms with Crippen molar-refractivity contribution in [3.63, 3.8) is 0 Å². The third-order valence-electron chi connectivity index (χ3n) is 1.68. The molecule has 1 unspecified atom stereocenters. The van der Waals surface area contributed by atoms with Crippen LogP contribution in [0.3, 0.4) is 0 Å². The zero-order valence-corrected chi connectivity index (χ0v) is 9.75. The van der Waals surface area contributed by atoms with E-state index in [9.17, 15) is 0 Å². The number of rotatable bonds is 10. The molecule has 1 atom stereocenters. The standard InChI is InChI=1S/C11H24O3/c1-4-6-12-8-9-14-11(3)10-13-7-5-2/h11H,4-10H2,1-3H3. The molecule has 0 aliphatic carbocycles. The first kappa shape index (κ1) is 13.9. The Balaban J connectivity index is 3.06. The van der Waals surface area contributed by atoms with Gasteiger partial charge in [-0.15, -0.1) is 0 Å². The Bertz CT molecular complexity index is 107. The highest BCUT2D eigenvalue weighted by atomic mass is 16.5. The Hall–Kier alpha value is -0.120. The summed E-state index contributed by atoms with van der Waals surface area (Å²) in [6.07, 6.45) is 2.30. The van der Waals surface area contributed by atoms with Crippen LogP contribution in [0.1, 0.15) is 33.6 Å². The second kappa shape index (κ2) is 11.0. The van der Waals surface area contributed by atoms with Gasteiger partial charge in [0.2, 0.25) is 0 Å². The lowest BCUT2D eigenvalue weighted by Gasteiger charge is -2.13. The smallest absolute Gasteiger partial charge is 0.0781 e. The van der Waals surface area contributed by atoms with Gasteiger partial charge < -0.3 is 14.2 Å². The molecule has 0 amide bonds. The Morgan fingerprint density at radius 3 is 2.14 bits per heavy atom. The van der Waals surface area contributed by atoms with Gasteiger partial charge in [-0.3, -0.25) is 0 Å². The molecule has 14 heavy (non-hydrogen) atoms. The molecule has 3 nitrogen and oxygen atoms in total. The van der Waals surface area contributed by atoms with Crippen molar-refractivity contribution in [2.75, 3.05) is 33.0 Å². The second-order valence-corrected chi connectivity index (χ2v) is 3.37. The van der Waals surface area contributed by atoms with Gasteiger partial charge in [-0.25, -0.2) is 0 Å². The van der Waals surface area contributed by atoms with Crippen molar-refractivity contribution in [2.45, 2.75) is 39.7 Å². The maximum Gasteiger partial charge on any atom is 0.0781 e. The summed E-state index contributed by atoms with van der Waals surface area (Å²) in [7, 11) is 0. The van der Waals surface area contributed by atoms with E-state index in [1.54, 1.807) is 0 Å². The molecule has 0 spiro atoms. The van der Waals surface area contributed by atoms with Crippen LogP contribution in [0.2, 0.25) is 0 Å². The summed E-state index contributed by atoms with van der Waals surface area (Å²) in [4.78, 5) is 0. The molecule has 86 valence electrons. The third kappa shape index (κ3) is 9.96. The molecular weight excluding hydrogens is 180 g/mol. The van der Waals surface area contributed by atoms with Gasteiger partial charge in [0.25, 0.3) is 0 Å². The van der Waals surface area contributed by atoms with Crippen molar-refractivity contribution in [3.8, 4) is 0 Å². The average Bonchev–Trinajstić information content (AvgIpc) is 2.18. The molecule has 0 rings (SSSR count). The molecule has 0 aliphatic rings. The second-order valence-electron chi connectivity index (χ2n) is 3.37. The predicted octanol–water partition coefficient (Wildman–Crippen LogP) is 2.24. The van der Waals surface area contributed by atoms with Crippen LogP contribution in [0.4, 0.5) is 0 Å². The van der Waals surface area contributed by atoms with Crippen molar-refractivity contribution in [1.29, 1.82) is 0 Å². The number of ether oxygens (including phenoxy) is 3. The Morgan fingerprint density at radius 1 is 0.857 bits per heavy atom. The van der Waals surface area contributed by atoms with Crippen molar-refractivity contribution in [3.05, 3.63) is 0 Å². The fourth-order valence-electron chi connectivity index (χ4n) is 0.996. The molecule has 0 heterocycles. The van der Waals surface area contributed by atoms with Crippen molar-refractivity contribution < 1.29 is 14.2 Å². The topological polar surface area (TPSA) is 27.7 Å². The van der Waals surface area contributed by atoms with Gasteiger partial charge in [0.05, 0.1) is 25.9 Å². The molecule has 0 aromatic carbocycles. The van der Waals surface area contributed by atoms with Crippen molar-refractivity contribution in [1.82, 2.24) is 0 Å². The number of hydrogen-bond acceptors (Lipinski definition) is 3. The molecule has 3 heteroatoms. The molecule has 0 bridgehead atoms. The molecule has 0 N–H and O–H groups in total. The van der Waals surface area contributed by atoms with Crippen LogP contribution in [0.25, 0.3) is 0 Å². The lowest BCUT2D eigenvalue weighted by Crippen LogP contribution is -2.19. The van der Waals surface area contributed by atoms with Crippen molar-refractivity contribution in [2.24, 2.45) is 0 Å². The third-order valence-corrected chi connectivity index (χ3v) is 1.68. The molecule has 0 saturated carbocycles. The predicted molar refractivity (Wildman–Crippen MR) is 57.6 cm³/mol. The van der Waals surface area contributed by atoms with Crippen LogP contribution < -0.4 is 0 Å². The Morgan fingerprint density at radius 2 is 1.50 bits per heavy atom. The van der Waals surface area contributed by atoms with Gasteiger partial charge in [-0.2, -0.15) is 0 Å². The molecular formula is C11H24O3. The highest BCUT2D eigenvalue weighted by Gasteiger charge is 2.01. The summed E-state index contributed by atoms with van der Waals surface area (Å²) in [6.45, 7) is 9.90. The van der Waals surface area contributed by atoms with Crippen LogP contribution in [0, 0.1) is 0 Å². The van der Waals surface area contributed by atoms with Crippen molar-refractivity contribution >= 4 is 0 Å². The summed E-state index contributed by atoms with van der Waals surface area (Å²) >= 11 is 0. The molecule has 0 radical (unpaired) electrons. The minimum absolute atomic E-state index is 0.173. The Kier molecular flexibility index (Phi) is 10.9. The average molecular weight is 204 g/mol. The maximum absolute atomic E-state index is 5.49. The first-order valence-corrected chi connectivity index (χ1v) is 5.58. The maximum atomic E-state index is 5.49. The van der Waals surface area contributed by atoms with E-state index in [4.69, 9.17) is 14.2 Å². The lowest BCUT2D eigenvalue weighted by molar-refractivity contribution is -0.0294. The number of hydrogen-bond donors (Lipinski definition) is 0. The minimum Gasteiger partial charge on any atom is -0.379 e. The fraction of sp³-hybridized carbons (Fsp3) is 1.00. The fourth-order valence-corrected chi connectivity index (χ4v) is 0.996. The van der Waals surface area contributed by atoms with E-state index in [-0.39, 0.29) is 6.10 Å². The SMILES string of the molecule is CCCOCCOC(C)COCCC. The first-order chi connectivity index (χ1) is 6.81. The molecule has 0 aromatic rings. The summed E-state index contributed by atoms with van der Waals surface area (Å²) < 4.78 is 16.1. The minimum atomic E-state index is 0.173. The van der Waals surface area contributed by atoms with Gasteiger partial charge in [0.1, 0.15) is 0 Å². The van der Waals surface area contributed by atoms with E-state index < -0.39 is 0 Å². The zero-order chi connectivity index (χ0) is 10.6. The van der Waals surface area contributed by atoms with E-state index in [0.717, 1.165) is 26.1 Å². The van der Waals surface area contributed by atoms with Gasteiger partial charge in [-0.05, 0) is 19.8 Å². The highest BCUT2D eigenvalue weighted by molar-refractivity contribution is 4.46. The molecule has 0 aromatic heterocycles. The zero-order valence-electron chi connectivity index (χ0n) is 9.75. The van der Waals surface area contributed by atoms with Crippen LogP contribution in [-0.2, 0) is 14.2 Å². The molecule has 0 fully saturated rings. The van der Waals surface area contributed by atoms with Crippen LogP contribution >= 0.6 is 0 Å². The van der Waals surface area contributed by atoms with E-state index in [1.807, 2.05) is 6.92 Å². The van der Waals surface area contributed by atoms with Gasteiger partial charge in [0, 0.05) is 13.2 Å². The normalized spacial score (nSPS) is 13.1.